The molecule has 25 heavy (non-hydrogen) atoms. The van der Waals surface area contributed by atoms with Crippen LogP contribution in [0.1, 0.15) is 37.8 Å². The number of nitrogens with one attached hydrogen (secondary N) is 1. The summed E-state index contributed by atoms with van der Waals surface area (Å²) in [5.41, 5.74) is 6.81. The van der Waals surface area contributed by atoms with E-state index in [1.54, 1.807) is 0 Å². The molecule has 0 saturated carbocycles. The number of aromatic nitrogens is 1. The average Bonchev–Trinajstić information content (AvgIpc) is 2.90. The minimum absolute atomic E-state index is 0.292. The zero-order valence-corrected chi connectivity index (χ0v) is 15.9. The number of carbonyl (C=O) groups excluding carboxylic acids is 1. The van der Waals surface area contributed by atoms with Crippen LogP contribution in [0.4, 0.5) is 0 Å². The average molecular weight is 350 g/mol. The Morgan fingerprint density at radius 2 is 1.96 bits per heavy atom. The van der Waals surface area contributed by atoms with Gasteiger partial charge in [-0.2, -0.15) is 0 Å². The Morgan fingerprint density at radius 1 is 1.32 bits per heavy atom. The van der Waals surface area contributed by atoms with E-state index < -0.39 is 5.54 Å². The van der Waals surface area contributed by atoms with Gasteiger partial charge in [0.1, 0.15) is 5.76 Å². The Labute approximate surface area is 149 Å². The third-order valence-electron chi connectivity index (χ3n) is 4.88. The Bertz CT molecular complexity index is 610. The first-order valence-corrected chi connectivity index (χ1v) is 8.77. The first kappa shape index (κ1) is 19.2. The number of aliphatic imine (C=N–C) groups is 1. The molecule has 0 unspecified atom stereocenters. The van der Waals surface area contributed by atoms with E-state index in [9.17, 15) is 4.79 Å². The van der Waals surface area contributed by atoms with Crippen LogP contribution in [0.2, 0.25) is 0 Å². The zero-order chi connectivity index (χ0) is 18.6. The maximum absolute atomic E-state index is 11.7. The Kier molecular flexibility index (Phi) is 6.05. The number of guanidine groups is 1. The topological polar surface area (TPSA) is 100.0 Å². The number of rotatable bonds is 5. The van der Waals surface area contributed by atoms with E-state index >= 15 is 0 Å². The van der Waals surface area contributed by atoms with Crippen molar-refractivity contribution in [3.05, 3.63) is 17.0 Å². The molecule has 0 aliphatic carbocycles. The quantitative estimate of drug-likeness (QED) is 0.597. The zero-order valence-electron chi connectivity index (χ0n) is 15.9. The predicted octanol–water partition coefficient (Wildman–Crippen LogP) is 0.638. The van der Waals surface area contributed by atoms with Crippen molar-refractivity contribution >= 4 is 11.9 Å². The van der Waals surface area contributed by atoms with Gasteiger partial charge >= 0.3 is 0 Å². The molecule has 0 radical (unpaired) electrons. The largest absolute Gasteiger partial charge is 0.368 e. The van der Waals surface area contributed by atoms with Crippen molar-refractivity contribution in [2.45, 2.75) is 46.7 Å². The second-order valence-electron chi connectivity index (χ2n) is 6.87. The number of amides is 1. The van der Waals surface area contributed by atoms with Crippen molar-refractivity contribution in [3.63, 3.8) is 0 Å². The number of aryl methyl sites for hydroxylation is 2. The summed E-state index contributed by atoms with van der Waals surface area (Å²) in [6.45, 7) is 14.1. The highest BCUT2D eigenvalue weighted by molar-refractivity contribution is 5.84. The van der Waals surface area contributed by atoms with Gasteiger partial charge in [0.05, 0.1) is 17.8 Å². The summed E-state index contributed by atoms with van der Waals surface area (Å²) in [5, 5.41) is 7.32. The molecule has 0 bridgehead atoms. The standard InChI is InChI=1S/C17H30N6O2/c1-6-19-16(20-11-14-12(2)21-25-13(14)3)22-7-9-23(10-8-22)17(4,5)15(18)24/h6-11H2,1-5H3,(H2,18,24)(H,19,20). The highest BCUT2D eigenvalue weighted by Gasteiger charge is 2.35. The maximum atomic E-state index is 11.7. The Hall–Kier alpha value is -2.09. The highest BCUT2D eigenvalue weighted by Crippen LogP contribution is 2.17. The molecule has 3 N–H and O–H groups in total. The number of nitrogens with two attached hydrogens (primary N) is 1. The van der Waals surface area contributed by atoms with Crippen molar-refractivity contribution in [3.8, 4) is 0 Å². The van der Waals surface area contributed by atoms with Crippen molar-refractivity contribution < 1.29 is 9.32 Å². The van der Waals surface area contributed by atoms with E-state index in [1.165, 1.54) is 0 Å². The van der Waals surface area contributed by atoms with Crippen LogP contribution in [-0.2, 0) is 11.3 Å². The molecule has 0 spiro atoms. The summed E-state index contributed by atoms with van der Waals surface area (Å²) in [6.07, 6.45) is 0. The molecule has 140 valence electrons. The lowest BCUT2D eigenvalue weighted by Crippen LogP contribution is -2.61. The Balaban J connectivity index is 2.04. The van der Waals surface area contributed by atoms with Crippen molar-refractivity contribution in [2.24, 2.45) is 10.7 Å². The normalized spacial score (nSPS) is 17.0. The smallest absolute Gasteiger partial charge is 0.237 e. The van der Waals surface area contributed by atoms with E-state index in [0.717, 1.165) is 55.7 Å². The molecule has 1 fully saturated rings. The molecule has 2 rings (SSSR count). The number of piperazine rings is 1. The molecule has 1 saturated heterocycles. The summed E-state index contributed by atoms with van der Waals surface area (Å²) in [5.74, 6) is 1.39. The van der Waals surface area contributed by atoms with Gasteiger partial charge in [0, 0.05) is 38.3 Å². The molecule has 2 heterocycles. The van der Waals surface area contributed by atoms with Gasteiger partial charge in [-0.25, -0.2) is 4.99 Å². The minimum atomic E-state index is -0.627. The molecule has 1 aliphatic rings. The molecule has 1 amide bonds. The van der Waals surface area contributed by atoms with Crippen molar-refractivity contribution in [1.29, 1.82) is 0 Å². The van der Waals surface area contributed by atoms with Crippen LogP contribution in [0.3, 0.4) is 0 Å². The molecular formula is C17H30N6O2. The Morgan fingerprint density at radius 3 is 2.44 bits per heavy atom. The SMILES string of the molecule is CCNC(=NCc1c(C)noc1C)N1CCN(C(C)(C)C(N)=O)CC1. The fourth-order valence-corrected chi connectivity index (χ4v) is 2.94. The van der Waals surface area contributed by atoms with Gasteiger partial charge in [0.15, 0.2) is 5.96 Å². The monoisotopic (exact) mass is 350 g/mol. The molecule has 0 atom stereocenters. The molecule has 0 aromatic carbocycles. The summed E-state index contributed by atoms with van der Waals surface area (Å²) in [6, 6.07) is 0. The lowest BCUT2D eigenvalue weighted by atomic mass is 10.0. The number of hydrogen-bond donors (Lipinski definition) is 2. The van der Waals surface area contributed by atoms with E-state index in [1.807, 2.05) is 27.7 Å². The van der Waals surface area contributed by atoms with Gasteiger partial charge in [-0.05, 0) is 34.6 Å². The van der Waals surface area contributed by atoms with Crippen molar-refractivity contribution in [1.82, 2.24) is 20.3 Å². The van der Waals surface area contributed by atoms with Gasteiger partial charge in [-0.3, -0.25) is 9.69 Å². The first-order valence-electron chi connectivity index (χ1n) is 8.77. The van der Waals surface area contributed by atoms with Crippen LogP contribution in [-0.4, -0.2) is 65.1 Å². The predicted molar refractivity (Wildman–Crippen MR) is 97.2 cm³/mol. The fourth-order valence-electron chi connectivity index (χ4n) is 2.94. The number of carbonyl (C=O) groups is 1. The number of hydrogen-bond acceptors (Lipinski definition) is 5. The number of primary amides is 1. The van der Waals surface area contributed by atoms with Crippen LogP contribution in [0, 0.1) is 13.8 Å². The van der Waals surface area contributed by atoms with Crippen LogP contribution in [0.5, 0.6) is 0 Å². The van der Waals surface area contributed by atoms with Crippen molar-refractivity contribution in [2.75, 3.05) is 32.7 Å². The molecular weight excluding hydrogens is 320 g/mol. The summed E-state index contributed by atoms with van der Waals surface area (Å²) in [7, 11) is 0. The maximum Gasteiger partial charge on any atom is 0.237 e. The van der Waals surface area contributed by atoms with Crippen LogP contribution in [0.25, 0.3) is 0 Å². The van der Waals surface area contributed by atoms with E-state index in [2.05, 4.69) is 27.2 Å². The molecule has 8 heteroatoms. The van der Waals surface area contributed by atoms with Gasteiger partial charge in [-0.1, -0.05) is 5.16 Å². The van der Waals surface area contributed by atoms with Crippen LogP contribution in [0.15, 0.2) is 9.52 Å². The molecule has 1 aromatic heterocycles. The summed E-state index contributed by atoms with van der Waals surface area (Å²) < 4.78 is 5.20. The molecule has 1 aromatic rings. The minimum Gasteiger partial charge on any atom is -0.368 e. The third kappa shape index (κ3) is 4.31. The van der Waals surface area contributed by atoms with Gasteiger partial charge in [0.25, 0.3) is 0 Å². The molecule has 8 nitrogen and oxygen atoms in total. The summed E-state index contributed by atoms with van der Waals surface area (Å²) >= 11 is 0. The second-order valence-corrected chi connectivity index (χ2v) is 6.87. The highest BCUT2D eigenvalue weighted by atomic mass is 16.5. The number of nitrogens with zero attached hydrogens (tertiary/aromatic N) is 4. The van der Waals surface area contributed by atoms with E-state index in [0.29, 0.717) is 6.54 Å². The van der Waals surface area contributed by atoms with Gasteiger partial charge in [-0.15, -0.1) is 0 Å². The lowest BCUT2D eigenvalue weighted by Gasteiger charge is -2.43. The fraction of sp³-hybridized carbons (Fsp3) is 0.706. The molecule has 1 aliphatic heterocycles. The van der Waals surface area contributed by atoms with Crippen LogP contribution < -0.4 is 11.1 Å². The van der Waals surface area contributed by atoms with Gasteiger partial charge in [0.2, 0.25) is 5.91 Å². The van der Waals surface area contributed by atoms with Gasteiger partial charge < -0.3 is 20.5 Å². The first-order chi connectivity index (χ1) is 11.8. The van der Waals surface area contributed by atoms with Crippen LogP contribution >= 0.6 is 0 Å². The van der Waals surface area contributed by atoms with E-state index in [-0.39, 0.29) is 5.91 Å². The van der Waals surface area contributed by atoms with E-state index in [4.69, 9.17) is 15.2 Å². The lowest BCUT2D eigenvalue weighted by molar-refractivity contribution is -0.129. The summed E-state index contributed by atoms with van der Waals surface area (Å²) in [4.78, 5) is 20.7. The second kappa shape index (κ2) is 7.86. The third-order valence-corrected chi connectivity index (χ3v) is 4.88.